The Morgan fingerprint density at radius 3 is 2.76 bits per heavy atom. The Hall–Kier alpha value is -2.65. The second kappa shape index (κ2) is 9.23. The van der Waals surface area contributed by atoms with Crippen LogP contribution in [-0.2, 0) is 11.3 Å². The van der Waals surface area contributed by atoms with Crippen LogP contribution in [0.1, 0.15) is 43.9 Å². The van der Waals surface area contributed by atoms with E-state index in [1.165, 1.54) is 22.8 Å². The zero-order valence-corrected chi connectivity index (χ0v) is 18.1. The SMILES string of the molecule is CCOC(=O)c1cnc(SCC(=O)c2cc(C)n(Cc3cccs3)c2C)nc1N. The smallest absolute Gasteiger partial charge is 0.343 e. The van der Waals surface area contributed by atoms with Crippen molar-refractivity contribution in [1.82, 2.24) is 14.5 Å². The van der Waals surface area contributed by atoms with Gasteiger partial charge in [0.25, 0.3) is 0 Å². The highest BCUT2D eigenvalue weighted by Crippen LogP contribution is 2.23. The zero-order chi connectivity index (χ0) is 21.0. The summed E-state index contributed by atoms with van der Waals surface area (Å²) in [6.07, 6.45) is 1.33. The summed E-state index contributed by atoms with van der Waals surface area (Å²) in [5.74, 6) is -0.336. The number of hydrogen-bond donors (Lipinski definition) is 1. The number of nitrogen functional groups attached to an aromatic ring is 1. The van der Waals surface area contributed by atoms with Gasteiger partial charge >= 0.3 is 5.97 Å². The molecule has 3 heterocycles. The monoisotopic (exact) mass is 430 g/mol. The lowest BCUT2D eigenvalue weighted by atomic mass is 10.2. The van der Waals surface area contributed by atoms with Crippen molar-refractivity contribution in [1.29, 1.82) is 0 Å². The van der Waals surface area contributed by atoms with Crippen molar-refractivity contribution >= 4 is 40.7 Å². The van der Waals surface area contributed by atoms with Crippen LogP contribution in [0.25, 0.3) is 0 Å². The number of ketones is 1. The number of carbonyl (C=O) groups is 2. The first-order valence-corrected chi connectivity index (χ1v) is 10.9. The third-order valence-corrected chi connectivity index (χ3v) is 6.11. The largest absolute Gasteiger partial charge is 0.462 e. The van der Waals surface area contributed by atoms with Crippen LogP contribution in [0.3, 0.4) is 0 Å². The summed E-state index contributed by atoms with van der Waals surface area (Å²) in [6.45, 7) is 6.67. The second-order valence-corrected chi connectivity index (χ2v) is 8.31. The average molecular weight is 431 g/mol. The molecule has 0 radical (unpaired) electrons. The Morgan fingerprint density at radius 1 is 1.31 bits per heavy atom. The number of thiophene rings is 1. The molecule has 0 atom stereocenters. The normalized spacial score (nSPS) is 10.9. The first-order valence-electron chi connectivity index (χ1n) is 9.05. The minimum absolute atomic E-state index is 0.00262. The number of nitrogens with zero attached hydrogens (tertiary/aromatic N) is 3. The fourth-order valence-electron chi connectivity index (χ4n) is 2.91. The fourth-order valence-corrected chi connectivity index (χ4v) is 4.31. The molecule has 7 nitrogen and oxygen atoms in total. The summed E-state index contributed by atoms with van der Waals surface area (Å²) in [6, 6.07) is 6.03. The number of hydrogen-bond acceptors (Lipinski definition) is 8. The fraction of sp³-hybridized carbons (Fsp3) is 0.300. The van der Waals surface area contributed by atoms with Crippen LogP contribution in [0.15, 0.2) is 34.9 Å². The Morgan fingerprint density at radius 2 is 2.10 bits per heavy atom. The number of aryl methyl sites for hydroxylation is 1. The molecule has 2 N–H and O–H groups in total. The van der Waals surface area contributed by atoms with E-state index in [9.17, 15) is 9.59 Å². The Kier molecular flexibility index (Phi) is 6.71. The van der Waals surface area contributed by atoms with E-state index in [4.69, 9.17) is 10.5 Å². The van der Waals surface area contributed by atoms with Gasteiger partial charge in [0, 0.05) is 28.0 Å². The third kappa shape index (κ3) is 4.86. The molecule has 0 unspecified atom stereocenters. The molecular weight excluding hydrogens is 408 g/mol. The number of aromatic nitrogens is 3. The van der Waals surface area contributed by atoms with Gasteiger partial charge in [0.15, 0.2) is 10.9 Å². The van der Waals surface area contributed by atoms with E-state index in [1.54, 1.807) is 18.3 Å². The van der Waals surface area contributed by atoms with Crippen molar-refractivity contribution in [3.8, 4) is 0 Å². The third-order valence-electron chi connectivity index (χ3n) is 4.39. The van der Waals surface area contributed by atoms with E-state index in [0.717, 1.165) is 17.9 Å². The lowest BCUT2D eigenvalue weighted by Crippen LogP contribution is -2.11. The van der Waals surface area contributed by atoms with Gasteiger partial charge in [-0.3, -0.25) is 4.79 Å². The summed E-state index contributed by atoms with van der Waals surface area (Å²) in [5, 5.41) is 2.39. The van der Waals surface area contributed by atoms with Crippen molar-refractivity contribution in [2.24, 2.45) is 0 Å². The Balaban J connectivity index is 1.68. The summed E-state index contributed by atoms with van der Waals surface area (Å²) in [4.78, 5) is 34.0. The van der Waals surface area contributed by atoms with E-state index in [2.05, 4.69) is 20.6 Å². The van der Waals surface area contributed by atoms with Crippen LogP contribution in [0.5, 0.6) is 0 Å². The van der Waals surface area contributed by atoms with Crippen LogP contribution in [0, 0.1) is 13.8 Å². The number of rotatable bonds is 8. The molecule has 3 rings (SSSR count). The maximum Gasteiger partial charge on any atom is 0.343 e. The van der Waals surface area contributed by atoms with Crippen LogP contribution >= 0.6 is 23.1 Å². The number of Topliss-reactive ketones (excluding diaryl/α,β-unsaturated/α-hetero) is 1. The quantitative estimate of drug-likeness (QED) is 0.251. The van der Waals surface area contributed by atoms with Crippen molar-refractivity contribution in [2.75, 3.05) is 18.1 Å². The second-order valence-electron chi connectivity index (χ2n) is 6.33. The predicted molar refractivity (Wildman–Crippen MR) is 115 cm³/mol. The molecule has 0 saturated heterocycles. The molecule has 0 saturated carbocycles. The molecule has 0 aliphatic rings. The van der Waals surface area contributed by atoms with Gasteiger partial charge < -0.3 is 15.0 Å². The molecule has 9 heteroatoms. The van der Waals surface area contributed by atoms with E-state index < -0.39 is 5.97 Å². The van der Waals surface area contributed by atoms with Crippen molar-refractivity contribution in [2.45, 2.75) is 32.5 Å². The maximum atomic E-state index is 12.8. The van der Waals surface area contributed by atoms with Crippen molar-refractivity contribution in [3.05, 3.63) is 57.2 Å². The molecule has 0 aromatic carbocycles. The minimum Gasteiger partial charge on any atom is -0.462 e. The molecular formula is C20H22N4O3S2. The van der Waals surface area contributed by atoms with Crippen molar-refractivity contribution in [3.63, 3.8) is 0 Å². The van der Waals surface area contributed by atoms with E-state index in [1.807, 2.05) is 31.4 Å². The number of ether oxygens (including phenoxy) is 1. The van der Waals surface area contributed by atoms with Gasteiger partial charge in [0.05, 0.1) is 18.9 Å². The van der Waals surface area contributed by atoms with Crippen LogP contribution in [0.4, 0.5) is 5.82 Å². The summed E-state index contributed by atoms with van der Waals surface area (Å²) in [5.41, 5.74) is 8.64. The summed E-state index contributed by atoms with van der Waals surface area (Å²) >= 11 is 2.89. The lowest BCUT2D eigenvalue weighted by molar-refractivity contribution is 0.0526. The molecule has 0 aliphatic heterocycles. The highest BCUT2D eigenvalue weighted by molar-refractivity contribution is 7.99. The number of anilines is 1. The molecule has 0 aliphatic carbocycles. The molecule has 0 fully saturated rings. The van der Waals surface area contributed by atoms with Gasteiger partial charge in [0.2, 0.25) is 0 Å². The van der Waals surface area contributed by atoms with Crippen molar-refractivity contribution < 1.29 is 14.3 Å². The summed E-state index contributed by atoms with van der Waals surface area (Å²) < 4.78 is 7.05. The van der Waals surface area contributed by atoms with E-state index >= 15 is 0 Å². The van der Waals surface area contributed by atoms with Gasteiger partial charge in [-0.1, -0.05) is 17.8 Å². The minimum atomic E-state index is -0.559. The maximum absolute atomic E-state index is 12.8. The molecule has 0 bridgehead atoms. The first-order chi connectivity index (χ1) is 13.9. The molecule has 3 aromatic heterocycles. The van der Waals surface area contributed by atoms with E-state index in [-0.39, 0.29) is 29.5 Å². The van der Waals surface area contributed by atoms with Crippen LogP contribution in [0.2, 0.25) is 0 Å². The highest BCUT2D eigenvalue weighted by atomic mass is 32.2. The topological polar surface area (TPSA) is 100 Å². The lowest BCUT2D eigenvalue weighted by Gasteiger charge is -2.08. The first kappa shape index (κ1) is 21.1. The molecule has 152 valence electrons. The molecule has 3 aromatic rings. The highest BCUT2D eigenvalue weighted by Gasteiger charge is 2.18. The predicted octanol–water partition coefficient (Wildman–Crippen LogP) is 3.74. The average Bonchev–Trinajstić information content (AvgIpc) is 3.30. The van der Waals surface area contributed by atoms with Crippen LogP contribution in [-0.4, -0.2) is 38.6 Å². The van der Waals surface area contributed by atoms with Gasteiger partial charge in [-0.2, -0.15) is 0 Å². The number of esters is 1. The van der Waals surface area contributed by atoms with Crippen LogP contribution < -0.4 is 5.73 Å². The number of thioether (sulfide) groups is 1. The molecule has 0 amide bonds. The van der Waals surface area contributed by atoms with Gasteiger partial charge in [-0.25, -0.2) is 14.8 Å². The number of carbonyl (C=O) groups excluding carboxylic acids is 2. The standard InChI is InChI=1S/C20H22N4O3S2/c1-4-27-19(26)16-9-22-20(23-18(16)21)29-11-17(25)15-8-12(2)24(13(15)3)10-14-6-5-7-28-14/h5-9H,4,10-11H2,1-3H3,(H2,21,22,23). The van der Waals surface area contributed by atoms with Gasteiger partial charge in [-0.15, -0.1) is 11.3 Å². The van der Waals surface area contributed by atoms with E-state index in [0.29, 0.717) is 10.7 Å². The molecule has 0 spiro atoms. The van der Waals surface area contributed by atoms with Gasteiger partial charge in [0.1, 0.15) is 11.4 Å². The Bertz CT molecular complexity index is 1030. The summed E-state index contributed by atoms with van der Waals surface area (Å²) in [7, 11) is 0. The zero-order valence-electron chi connectivity index (χ0n) is 16.5. The van der Waals surface area contributed by atoms with Gasteiger partial charge in [-0.05, 0) is 38.3 Å². The Labute approximate surface area is 177 Å². The molecule has 29 heavy (non-hydrogen) atoms. The number of nitrogens with two attached hydrogens (primary N) is 1.